The van der Waals surface area contributed by atoms with Crippen molar-refractivity contribution in [3.8, 4) is 5.75 Å². The average molecular weight is 369 g/mol. The number of amides is 1. The summed E-state index contributed by atoms with van der Waals surface area (Å²) in [5, 5.41) is 2.88. The van der Waals surface area contributed by atoms with Crippen LogP contribution in [0, 0.1) is 0 Å². The number of nitrogens with one attached hydrogen (secondary N) is 1. The van der Waals surface area contributed by atoms with Crippen molar-refractivity contribution in [2.45, 2.75) is 17.9 Å². The first-order chi connectivity index (χ1) is 11.4. The van der Waals surface area contributed by atoms with Crippen LogP contribution in [0.1, 0.15) is 12.0 Å². The average Bonchev–Trinajstić information content (AvgIpc) is 2.59. The van der Waals surface area contributed by atoms with Crippen LogP contribution < -0.4 is 10.1 Å². The number of aromatic nitrogens is 1. The van der Waals surface area contributed by atoms with Crippen molar-refractivity contribution in [1.82, 2.24) is 10.3 Å². The van der Waals surface area contributed by atoms with Gasteiger partial charge in [-0.1, -0.05) is 11.6 Å². The molecule has 0 unspecified atom stereocenters. The number of benzene rings is 1. The number of pyridine rings is 1. The van der Waals surface area contributed by atoms with Gasteiger partial charge in [0.15, 0.2) is 9.84 Å². The Labute approximate surface area is 145 Å². The number of halogens is 1. The third-order valence-electron chi connectivity index (χ3n) is 3.32. The van der Waals surface area contributed by atoms with Gasteiger partial charge in [0.2, 0.25) is 5.91 Å². The van der Waals surface area contributed by atoms with Crippen molar-refractivity contribution in [2.24, 2.45) is 0 Å². The van der Waals surface area contributed by atoms with Gasteiger partial charge in [-0.2, -0.15) is 0 Å². The monoisotopic (exact) mass is 368 g/mol. The highest BCUT2D eigenvalue weighted by molar-refractivity contribution is 7.91. The van der Waals surface area contributed by atoms with E-state index in [-0.39, 0.29) is 28.0 Å². The summed E-state index contributed by atoms with van der Waals surface area (Å²) in [6, 6.07) is 7.77. The maximum atomic E-state index is 12.3. The fourth-order valence-corrected chi connectivity index (χ4v) is 3.56. The van der Waals surface area contributed by atoms with Crippen molar-refractivity contribution in [3.05, 3.63) is 53.3 Å². The standard InChI is InChI=1S/C16H17ClN2O4S/c1-23-15-3-2-13(10-14(15)17)24(21,22)9-6-16(20)19-11-12-4-7-18-8-5-12/h2-5,7-8,10H,6,9,11H2,1H3,(H,19,20). The molecular formula is C16H17ClN2O4S. The minimum Gasteiger partial charge on any atom is -0.495 e. The molecule has 0 saturated carbocycles. The van der Waals surface area contributed by atoms with Crippen LogP contribution in [0.3, 0.4) is 0 Å². The molecule has 0 radical (unpaired) electrons. The maximum Gasteiger partial charge on any atom is 0.221 e. The molecule has 24 heavy (non-hydrogen) atoms. The van der Waals surface area contributed by atoms with Crippen LogP contribution >= 0.6 is 11.6 Å². The second-order valence-corrected chi connectivity index (χ2v) is 7.51. The van der Waals surface area contributed by atoms with Crippen LogP contribution in [-0.2, 0) is 21.2 Å². The Morgan fingerprint density at radius 1 is 1.25 bits per heavy atom. The Bertz CT molecular complexity index is 810. The molecule has 2 aromatic rings. The fraction of sp³-hybridized carbons (Fsp3) is 0.250. The van der Waals surface area contributed by atoms with Gasteiger partial charge in [-0.15, -0.1) is 0 Å². The topological polar surface area (TPSA) is 85.4 Å². The summed E-state index contributed by atoms with van der Waals surface area (Å²) in [5.74, 6) is -0.238. The summed E-state index contributed by atoms with van der Waals surface area (Å²) < 4.78 is 29.5. The van der Waals surface area contributed by atoms with Gasteiger partial charge in [0.05, 0.1) is 22.8 Å². The number of sulfone groups is 1. The molecule has 1 amide bonds. The van der Waals surface area contributed by atoms with Gasteiger partial charge in [-0.05, 0) is 35.9 Å². The first-order valence-corrected chi connectivity index (χ1v) is 9.17. The molecule has 6 nitrogen and oxygen atoms in total. The van der Waals surface area contributed by atoms with Crippen LogP contribution in [0.25, 0.3) is 0 Å². The molecule has 0 aliphatic carbocycles. The van der Waals surface area contributed by atoms with Crippen molar-refractivity contribution < 1.29 is 17.9 Å². The van der Waals surface area contributed by atoms with E-state index in [1.807, 2.05) is 0 Å². The fourth-order valence-electron chi connectivity index (χ4n) is 1.98. The predicted octanol–water partition coefficient (Wildman–Crippen LogP) is 2.22. The first-order valence-electron chi connectivity index (χ1n) is 7.14. The number of rotatable bonds is 7. The lowest BCUT2D eigenvalue weighted by Gasteiger charge is -2.08. The lowest BCUT2D eigenvalue weighted by Crippen LogP contribution is -2.25. The van der Waals surface area contributed by atoms with Crippen molar-refractivity contribution >= 4 is 27.3 Å². The smallest absolute Gasteiger partial charge is 0.221 e. The lowest BCUT2D eigenvalue weighted by atomic mass is 10.2. The Kier molecular flexibility index (Phi) is 6.16. The van der Waals surface area contributed by atoms with E-state index in [0.717, 1.165) is 5.56 Å². The van der Waals surface area contributed by atoms with Crippen molar-refractivity contribution in [2.75, 3.05) is 12.9 Å². The van der Waals surface area contributed by atoms with Gasteiger partial charge in [0.1, 0.15) is 5.75 Å². The first kappa shape index (κ1) is 18.2. The second-order valence-electron chi connectivity index (χ2n) is 5.00. The summed E-state index contributed by atoms with van der Waals surface area (Å²) in [4.78, 5) is 15.8. The molecule has 1 heterocycles. The molecule has 0 atom stereocenters. The largest absolute Gasteiger partial charge is 0.495 e. The Morgan fingerprint density at radius 2 is 1.96 bits per heavy atom. The van der Waals surface area contributed by atoms with Crippen LogP contribution in [0.2, 0.25) is 5.02 Å². The molecule has 0 aliphatic heterocycles. The third-order valence-corrected chi connectivity index (χ3v) is 5.33. The molecule has 2 rings (SSSR count). The highest BCUT2D eigenvalue weighted by Crippen LogP contribution is 2.27. The second kappa shape index (κ2) is 8.12. The van der Waals surface area contributed by atoms with Crippen LogP contribution in [-0.4, -0.2) is 32.2 Å². The number of hydrogen-bond acceptors (Lipinski definition) is 5. The van der Waals surface area contributed by atoms with Gasteiger partial charge in [-0.25, -0.2) is 8.42 Å². The number of hydrogen-bond donors (Lipinski definition) is 1. The van der Waals surface area contributed by atoms with E-state index in [9.17, 15) is 13.2 Å². The van der Waals surface area contributed by atoms with Crippen LogP contribution in [0.4, 0.5) is 0 Å². The van der Waals surface area contributed by atoms with Crippen molar-refractivity contribution in [1.29, 1.82) is 0 Å². The quantitative estimate of drug-likeness (QED) is 0.809. The molecular weight excluding hydrogens is 352 g/mol. The van der Waals surface area contributed by atoms with E-state index >= 15 is 0 Å². The Hall–Kier alpha value is -2.12. The molecule has 0 spiro atoms. The number of carbonyl (C=O) groups excluding carboxylic acids is 1. The van der Waals surface area contributed by atoms with Gasteiger partial charge in [0.25, 0.3) is 0 Å². The number of nitrogens with zero attached hydrogens (tertiary/aromatic N) is 1. The third kappa shape index (κ3) is 4.94. The minimum absolute atomic E-state index is 0.0650. The number of ether oxygens (including phenoxy) is 1. The summed E-state index contributed by atoms with van der Waals surface area (Å²) in [5.41, 5.74) is 0.892. The zero-order valence-electron chi connectivity index (χ0n) is 13.0. The van der Waals surface area contributed by atoms with E-state index in [1.54, 1.807) is 24.5 Å². The molecule has 1 aromatic heterocycles. The van der Waals surface area contributed by atoms with Gasteiger partial charge >= 0.3 is 0 Å². The van der Waals surface area contributed by atoms with E-state index in [0.29, 0.717) is 12.3 Å². The predicted molar refractivity (Wildman–Crippen MR) is 90.8 cm³/mol. The highest BCUT2D eigenvalue weighted by Gasteiger charge is 2.18. The summed E-state index contributed by atoms with van der Waals surface area (Å²) in [6.07, 6.45) is 3.12. The molecule has 0 saturated heterocycles. The molecule has 0 aliphatic rings. The number of methoxy groups -OCH3 is 1. The molecule has 1 aromatic carbocycles. The summed E-state index contributed by atoms with van der Waals surface area (Å²) in [6.45, 7) is 0.329. The molecule has 128 valence electrons. The molecule has 1 N–H and O–H groups in total. The van der Waals surface area contributed by atoms with E-state index in [1.165, 1.54) is 25.3 Å². The lowest BCUT2D eigenvalue weighted by molar-refractivity contribution is -0.120. The Morgan fingerprint density at radius 3 is 2.58 bits per heavy atom. The Balaban J connectivity index is 1.92. The summed E-state index contributed by atoms with van der Waals surface area (Å²) in [7, 11) is -2.15. The van der Waals surface area contributed by atoms with E-state index in [4.69, 9.17) is 16.3 Å². The highest BCUT2D eigenvalue weighted by atomic mass is 35.5. The summed E-state index contributed by atoms with van der Waals surface area (Å²) >= 11 is 5.94. The SMILES string of the molecule is COc1ccc(S(=O)(=O)CCC(=O)NCc2ccncc2)cc1Cl. The zero-order chi connectivity index (χ0) is 17.6. The van der Waals surface area contributed by atoms with Crippen molar-refractivity contribution in [3.63, 3.8) is 0 Å². The number of carbonyl (C=O) groups is 1. The van der Waals surface area contributed by atoms with Crippen LogP contribution in [0.5, 0.6) is 5.75 Å². The molecule has 8 heteroatoms. The molecule has 0 bridgehead atoms. The minimum atomic E-state index is -3.60. The van der Waals surface area contributed by atoms with Crippen LogP contribution in [0.15, 0.2) is 47.6 Å². The van der Waals surface area contributed by atoms with Gasteiger partial charge in [0, 0.05) is 25.4 Å². The van der Waals surface area contributed by atoms with E-state index in [2.05, 4.69) is 10.3 Å². The van der Waals surface area contributed by atoms with E-state index < -0.39 is 9.84 Å². The van der Waals surface area contributed by atoms with Gasteiger partial charge in [-0.3, -0.25) is 9.78 Å². The zero-order valence-corrected chi connectivity index (χ0v) is 14.6. The molecule has 0 fully saturated rings. The normalized spacial score (nSPS) is 11.1. The maximum absolute atomic E-state index is 12.3. The van der Waals surface area contributed by atoms with Gasteiger partial charge < -0.3 is 10.1 Å².